The molecule has 2 N–H and O–H groups in total. The molecule has 1 heterocycles. The van der Waals surface area contributed by atoms with Crippen LogP contribution in [0.2, 0.25) is 0 Å². The normalized spacial score (nSPS) is 10.3. The number of nitrogens with zero attached hydrogens (tertiary/aromatic N) is 2. The molecule has 7 nitrogen and oxygen atoms in total. The van der Waals surface area contributed by atoms with Gasteiger partial charge < -0.3 is 10.1 Å². The maximum atomic E-state index is 10.8. The van der Waals surface area contributed by atoms with E-state index >= 15 is 0 Å². The number of hydrogen-bond acceptors (Lipinski definition) is 4. The zero-order chi connectivity index (χ0) is 13.3. The minimum absolute atomic E-state index is 0.0273. The summed E-state index contributed by atoms with van der Waals surface area (Å²) in [6, 6.07) is 5.71. The van der Waals surface area contributed by atoms with Crippen molar-refractivity contribution in [3.05, 3.63) is 45.8 Å². The van der Waals surface area contributed by atoms with E-state index in [1.54, 1.807) is 6.92 Å². The van der Waals surface area contributed by atoms with E-state index in [9.17, 15) is 14.9 Å². The minimum Gasteiger partial charge on any atom is -0.476 e. The summed E-state index contributed by atoms with van der Waals surface area (Å²) in [5.74, 6) is -0.739. The summed E-state index contributed by atoms with van der Waals surface area (Å²) in [4.78, 5) is 27.6. The number of nitro groups is 1. The Hall–Kier alpha value is -2.70. The van der Waals surface area contributed by atoms with Gasteiger partial charge in [0.1, 0.15) is 5.82 Å². The molecule has 0 atom stereocenters. The molecule has 18 heavy (non-hydrogen) atoms. The Balaban J connectivity index is 2.40. The van der Waals surface area contributed by atoms with Gasteiger partial charge in [-0.05, 0) is 19.1 Å². The third-order valence-corrected chi connectivity index (χ3v) is 2.44. The van der Waals surface area contributed by atoms with Crippen LogP contribution in [-0.4, -0.2) is 26.0 Å². The van der Waals surface area contributed by atoms with E-state index in [-0.39, 0.29) is 11.4 Å². The fourth-order valence-electron chi connectivity index (χ4n) is 1.55. The molecule has 7 heteroatoms. The summed E-state index contributed by atoms with van der Waals surface area (Å²) < 4.78 is 0. The first-order valence-corrected chi connectivity index (χ1v) is 5.04. The van der Waals surface area contributed by atoms with Crippen LogP contribution in [0.3, 0.4) is 0 Å². The van der Waals surface area contributed by atoms with Crippen LogP contribution in [0.15, 0.2) is 24.3 Å². The minimum atomic E-state index is -1.11. The summed E-state index contributed by atoms with van der Waals surface area (Å²) >= 11 is 0. The van der Waals surface area contributed by atoms with Gasteiger partial charge >= 0.3 is 5.97 Å². The van der Waals surface area contributed by atoms with E-state index in [1.165, 1.54) is 24.3 Å². The Morgan fingerprint density at radius 3 is 2.44 bits per heavy atom. The number of nitro benzene ring substituents is 1. The average molecular weight is 247 g/mol. The number of imidazole rings is 1. The van der Waals surface area contributed by atoms with Crippen molar-refractivity contribution >= 4 is 11.7 Å². The predicted octanol–water partition coefficient (Wildman–Crippen LogP) is 1.99. The molecular weight excluding hydrogens is 238 g/mol. The number of benzene rings is 1. The molecule has 0 unspecified atom stereocenters. The molecule has 0 aliphatic heterocycles. The van der Waals surface area contributed by atoms with Crippen molar-refractivity contribution in [2.75, 3.05) is 0 Å². The maximum Gasteiger partial charge on any atom is 0.356 e. The van der Waals surface area contributed by atoms with Gasteiger partial charge in [0, 0.05) is 23.4 Å². The van der Waals surface area contributed by atoms with Crippen molar-refractivity contribution in [3.8, 4) is 11.4 Å². The highest BCUT2D eigenvalue weighted by molar-refractivity contribution is 5.87. The Kier molecular flexibility index (Phi) is 2.80. The Morgan fingerprint density at radius 2 is 2.00 bits per heavy atom. The monoisotopic (exact) mass is 247 g/mol. The van der Waals surface area contributed by atoms with Crippen LogP contribution in [0, 0.1) is 17.0 Å². The van der Waals surface area contributed by atoms with Gasteiger partial charge in [-0.15, -0.1) is 0 Å². The van der Waals surface area contributed by atoms with Crippen LogP contribution in [-0.2, 0) is 0 Å². The number of H-pyrrole nitrogens is 1. The van der Waals surface area contributed by atoms with Crippen LogP contribution in [0.1, 0.15) is 16.2 Å². The number of carboxylic acids is 1. The molecule has 0 saturated heterocycles. The third kappa shape index (κ3) is 2.05. The van der Waals surface area contributed by atoms with Gasteiger partial charge in [-0.3, -0.25) is 10.1 Å². The number of nitrogens with one attached hydrogen (secondary N) is 1. The first-order valence-electron chi connectivity index (χ1n) is 5.04. The topological polar surface area (TPSA) is 109 Å². The fraction of sp³-hybridized carbons (Fsp3) is 0.0909. The number of aromatic carboxylic acids is 1. The van der Waals surface area contributed by atoms with Crippen LogP contribution >= 0.6 is 0 Å². The highest BCUT2D eigenvalue weighted by Crippen LogP contribution is 2.21. The van der Waals surface area contributed by atoms with Gasteiger partial charge in [0.25, 0.3) is 5.69 Å². The molecule has 2 rings (SSSR count). The lowest BCUT2D eigenvalue weighted by molar-refractivity contribution is -0.384. The van der Waals surface area contributed by atoms with Gasteiger partial charge in [-0.25, -0.2) is 9.78 Å². The van der Waals surface area contributed by atoms with E-state index < -0.39 is 10.9 Å². The second-order valence-electron chi connectivity index (χ2n) is 3.67. The number of aromatic nitrogens is 2. The Morgan fingerprint density at radius 1 is 1.39 bits per heavy atom. The molecule has 2 aromatic rings. The second kappa shape index (κ2) is 4.28. The quantitative estimate of drug-likeness (QED) is 0.636. The maximum absolute atomic E-state index is 10.8. The summed E-state index contributed by atoms with van der Waals surface area (Å²) in [6.07, 6.45) is 0. The molecule has 0 amide bonds. The molecule has 1 aromatic carbocycles. The van der Waals surface area contributed by atoms with Crippen molar-refractivity contribution in [1.82, 2.24) is 9.97 Å². The number of aryl methyl sites for hydroxylation is 1. The Labute approximate surface area is 101 Å². The summed E-state index contributed by atoms with van der Waals surface area (Å²) in [5, 5.41) is 19.4. The first kappa shape index (κ1) is 11.8. The smallest absolute Gasteiger partial charge is 0.356 e. The zero-order valence-electron chi connectivity index (χ0n) is 9.38. The largest absolute Gasteiger partial charge is 0.476 e. The standard InChI is InChI=1S/C11H9N3O4/c1-6-9(11(15)16)13-10(12-6)7-2-4-8(5-3-7)14(17)18/h2-5H,1H3,(H,12,13)(H,15,16). The number of rotatable bonds is 3. The molecule has 1 aromatic heterocycles. The van der Waals surface area contributed by atoms with Gasteiger partial charge in [-0.2, -0.15) is 0 Å². The molecule has 0 bridgehead atoms. The van der Waals surface area contributed by atoms with E-state index in [4.69, 9.17) is 5.11 Å². The molecule has 0 spiro atoms. The lowest BCUT2D eigenvalue weighted by Crippen LogP contribution is -1.98. The number of aromatic amines is 1. The van der Waals surface area contributed by atoms with Crippen LogP contribution in [0.4, 0.5) is 5.69 Å². The molecule has 0 radical (unpaired) electrons. The second-order valence-corrected chi connectivity index (χ2v) is 3.67. The van der Waals surface area contributed by atoms with E-state index in [1.807, 2.05) is 0 Å². The highest BCUT2D eigenvalue weighted by atomic mass is 16.6. The molecule has 92 valence electrons. The number of hydrogen-bond donors (Lipinski definition) is 2. The van der Waals surface area contributed by atoms with E-state index in [2.05, 4.69) is 9.97 Å². The van der Waals surface area contributed by atoms with Crippen molar-refractivity contribution in [1.29, 1.82) is 0 Å². The molecule has 0 aliphatic rings. The lowest BCUT2D eigenvalue weighted by Gasteiger charge is -1.95. The summed E-state index contributed by atoms with van der Waals surface area (Å²) in [5.41, 5.74) is 0.955. The van der Waals surface area contributed by atoms with Crippen LogP contribution in [0.25, 0.3) is 11.4 Å². The van der Waals surface area contributed by atoms with Crippen LogP contribution in [0.5, 0.6) is 0 Å². The van der Waals surface area contributed by atoms with E-state index in [0.29, 0.717) is 17.1 Å². The number of carboxylic acid groups (broad SMARTS) is 1. The van der Waals surface area contributed by atoms with Gasteiger partial charge in [0.05, 0.1) is 4.92 Å². The molecule has 0 aliphatic carbocycles. The van der Waals surface area contributed by atoms with Crippen LogP contribution < -0.4 is 0 Å². The molecule has 0 fully saturated rings. The van der Waals surface area contributed by atoms with Gasteiger partial charge in [0.15, 0.2) is 5.69 Å². The zero-order valence-corrected chi connectivity index (χ0v) is 9.38. The highest BCUT2D eigenvalue weighted by Gasteiger charge is 2.14. The van der Waals surface area contributed by atoms with Crippen molar-refractivity contribution in [3.63, 3.8) is 0 Å². The average Bonchev–Trinajstić information content (AvgIpc) is 2.71. The summed E-state index contributed by atoms with van der Waals surface area (Å²) in [6.45, 7) is 1.60. The van der Waals surface area contributed by atoms with Gasteiger partial charge in [-0.1, -0.05) is 0 Å². The SMILES string of the molecule is Cc1[nH]c(-c2ccc([N+](=O)[O-])cc2)nc1C(=O)O. The van der Waals surface area contributed by atoms with Crippen molar-refractivity contribution in [2.24, 2.45) is 0 Å². The molecule has 0 saturated carbocycles. The third-order valence-electron chi connectivity index (χ3n) is 2.44. The van der Waals surface area contributed by atoms with Crippen molar-refractivity contribution < 1.29 is 14.8 Å². The number of carbonyl (C=O) groups is 1. The van der Waals surface area contributed by atoms with Crippen molar-refractivity contribution in [2.45, 2.75) is 6.92 Å². The Bertz CT molecular complexity index is 616. The predicted molar refractivity (Wildman–Crippen MR) is 62.4 cm³/mol. The van der Waals surface area contributed by atoms with Gasteiger partial charge in [0.2, 0.25) is 0 Å². The molecular formula is C11H9N3O4. The number of non-ortho nitro benzene ring substituents is 1. The lowest BCUT2D eigenvalue weighted by atomic mass is 10.2. The van der Waals surface area contributed by atoms with E-state index in [0.717, 1.165) is 0 Å². The fourth-order valence-corrected chi connectivity index (χ4v) is 1.55. The first-order chi connectivity index (χ1) is 8.49. The summed E-state index contributed by atoms with van der Waals surface area (Å²) in [7, 11) is 0.